The number of nitrogens with one attached hydrogen (secondary N) is 3. The molecule has 99 heavy (non-hydrogen) atoms. The maximum Gasteiger partial charge on any atom is 0.213 e. The quantitative estimate of drug-likeness (QED) is 0.0690. The topological polar surface area (TPSA) is 200 Å². The van der Waals surface area contributed by atoms with Crippen LogP contribution >= 0.6 is 0 Å². The lowest BCUT2D eigenvalue weighted by atomic mass is 10.00. The van der Waals surface area contributed by atoms with Gasteiger partial charge in [-0.3, -0.25) is 24.9 Å². The molecule has 0 aliphatic heterocycles. The monoisotopic (exact) mass is 1300 g/mol. The molecule has 0 saturated carbocycles. The fraction of sp³-hybridized carbons (Fsp3) is 0.133. The number of allylic oxidation sites excluding steroid dienone is 3. The Bertz CT molecular complexity index is 4990. The van der Waals surface area contributed by atoms with Crippen LogP contribution in [0.15, 0.2) is 264 Å². The summed E-state index contributed by atoms with van der Waals surface area (Å²) in [7, 11) is 1.62. The van der Waals surface area contributed by atoms with E-state index in [0.29, 0.717) is 40.4 Å². The molecule has 0 saturated heterocycles. The minimum atomic E-state index is 0.109. The summed E-state index contributed by atoms with van der Waals surface area (Å²) in [6.07, 6.45) is 33.1. The number of fused-ring (bicyclic) bond motifs is 3. The average molecular weight is 1300 g/mol. The van der Waals surface area contributed by atoms with Gasteiger partial charge < -0.3 is 20.7 Å². The smallest absolute Gasteiger partial charge is 0.213 e. The van der Waals surface area contributed by atoms with Gasteiger partial charge >= 0.3 is 0 Å². The maximum atomic E-state index is 5.27. The van der Waals surface area contributed by atoms with Crippen molar-refractivity contribution in [3.8, 4) is 39.3 Å². The summed E-state index contributed by atoms with van der Waals surface area (Å²) in [6.45, 7) is 20.7. The van der Waals surface area contributed by atoms with Gasteiger partial charge in [0.2, 0.25) is 5.88 Å². The number of benzene rings is 3. The highest BCUT2D eigenvalue weighted by Crippen LogP contribution is 2.38. The highest BCUT2D eigenvalue weighted by Gasteiger charge is 2.23. The summed E-state index contributed by atoms with van der Waals surface area (Å²) in [6, 6.07) is 49.6. The highest BCUT2D eigenvalue weighted by molar-refractivity contribution is 5.88. The summed E-state index contributed by atoms with van der Waals surface area (Å²) >= 11 is 0. The van der Waals surface area contributed by atoms with Crippen LogP contribution in [0.1, 0.15) is 129 Å². The van der Waals surface area contributed by atoms with E-state index in [1.165, 1.54) is 16.7 Å². The van der Waals surface area contributed by atoms with Crippen LogP contribution in [0.3, 0.4) is 0 Å². The molecule has 9 heterocycles. The van der Waals surface area contributed by atoms with E-state index in [0.717, 1.165) is 126 Å². The van der Waals surface area contributed by atoms with Gasteiger partial charge in [-0.1, -0.05) is 129 Å². The molecular formula is C83H73N15O. The molecule has 0 fully saturated rings. The van der Waals surface area contributed by atoms with Crippen LogP contribution in [0.25, 0.3) is 67.2 Å². The first kappa shape index (κ1) is 65.1. The van der Waals surface area contributed by atoms with Gasteiger partial charge in [0.15, 0.2) is 17.5 Å². The number of ether oxygens (including phenoxy) is 1. The summed E-state index contributed by atoms with van der Waals surface area (Å²) < 4.78 is 5.27. The Morgan fingerprint density at radius 2 is 0.677 bits per heavy atom. The molecule has 3 aromatic carbocycles. The molecule has 486 valence electrons. The number of aryl methyl sites for hydroxylation is 1. The molecule has 16 nitrogen and oxygen atoms in total. The van der Waals surface area contributed by atoms with E-state index >= 15 is 0 Å². The third-order valence-electron chi connectivity index (χ3n) is 17.6. The van der Waals surface area contributed by atoms with Crippen LogP contribution in [-0.2, 0) is 19.3 Å². The van der Waals surface area contributed by atoms with Crippen molar-refractivity contribution in [3.63, 3.8) is 0 Å². The van der Waals surface area contributed by atoms with Crippen molar-refractivity contribution < 1.29 is 4.74 Å². The van der Waals surface area contributed by atoms with Gasteiger partial charge in [-0.15, -0.1) is 0 Å². The van der Waals surface area contributed by atoms with E-state index in [9.17, 15) is 0 Å². The summed E-state index contributed by atoms with van der Waals surface area (Å²) in [5.74, 6) is 2.35. The van der Waals surface area contributed by atoms with E-state index in [2.05, 4.69) is 185 Å². The second-order valence-electron chi connectivity index (χ2n) is 24.3. The van der Waals surface area contributed by atoms with Crippen LogP contribution < -0.4 is 20.7 Å². The van der Waals surface area contributed by atoms with Crippen LogP contribution in [-0.4, -0.2) is 66.9 Å². The van der Waals surface area contributed by atoms with Crippen molar-refractivity contribution in [2.75, 3.05) is 7.11 Å². The summed E-state index contributed by atoms with van der Waals surface area (Å²) in [4.78, 5) is 54.2. The normalized spacial score (nSPS) is 13.2. The minimum absolute atomic E-state index is 0.109. The largest absolute Gasteiger partial charge is 0.481 e. The van der Waals surface area contributed by atoms with Crippen molar-refractivity contribution in [2.24, 2.45) is 0 Å². The lowest BCUT2D eigenvalue weighted by Crippen LogP contribution is -2.18. The Morgan fingerprint density at radius 1 is 0.354 bits per heavy atom. The molecule has 12 aromatic rings. The van der Waals surface area contributed by atoms with Gasteiger partial charge in [0.25, 0.3) is 0 Å². The van der Waals surface area contributed by atoms with Crippen molar-refractivity contribution >= 4 is 33.8 Å². The molecule has 3 aliphatic rings. The first-order valence-corrected chi connectivity index (χ1v) is 32.8. The molecule has 3 N–H and O–H groups in total. The van der Waals surface area contributed by atoms with E-state index in [-0.39, 0.29) is 18.1 Å². The summed E-state index contributed by atoms with van der Waals surface area (Å²) in [5.41, 5.74) is 25.8. The van der Waals surface area contributed by atoms with Crippen LogP contribution in [0.2, 0.25) is 0 Å². The van der Waals surface area contributed by atoms with Gasteiger partial charge in [-0.2, -0.15) is 0 Å². The van der Waals surface area contributed by atoms with Gasteiger partial charge in [-0.05, 0) is 126 Å². The number of nitrogens with zero attached hydrogens (tertiary/aromatic N) is 12. The zero-order chi connectivity index (χ0) is 68.2. The molecule has 0 spiro atoms. The van der Waals surface area contributed by atoms with Gasteiger partial charge in [0, 0.05) is 180 Å². The number of rotatable bonds is 19. The predicted molar refractivity (Wildman–Crippen MR) is 393 cm³/mol. The number of methoxy groups -OCH3 is 1. The number of hydrogen-bond acceptors (Lipinski definition) is 16. The number of pyridine rings is 6. The molecule has 3 aliphatic carbocycles. The second kappa shape index (κ2) is 30.0. The zero-order valence-corrected chi connectivity index (χ0v) is 55.8. The first-order valence-electron chi connectivity index (χ1n) is 32.8. The first-order chi connectivity index (χ1) is 48.4. The number of aromatic nitrogens is 12. The van der Waals surface area contributed by atoms with Gasteiger partial charge in [-0.25, -0.2) is 34.9 Å². The van der Waals surface area contributed by atoms with Crippen molar-refractivity contribution in [2.45, 2.75) is 65.1 Å². The Hall–Kier alpha value is -12.6. The van der Waals surface area contributed by atoms with Crippen LogP contribution in [0.4, 0.5) is 0 Å². The van der Waals surface area contributed by atoms with Gasteiger partial charge in [0.05, 0.1) is 41.3 Å². The lowest BCUT2D eigenvalue weighted by molar-refractivity contribution is 0.398. The Balaban J connectivity index is 0.000000133. The van der Waals surface area contributed by atoms with Crippen molar-refractivity contribution in [1.82, 2.24) is 75.8 Å². The van der Waals surface area contributed by atoms with Crippen LogP contribution in [0.5, 0.6) is 5.88 Å². The molecular weight excluding hydrogens is 1220 g/mol. The predicted octanol–water partition coefficient (Wildman–Crippen LogP) is 16.0. The maximum absolute atomic E-state index is 5.27. The van der Waals surface area contributed by atoms with E-state index < -0.39 is 0 Å². The lowest BCUT2D eigenvalue weighted by Gasteiger charge is -2.17. The Kier molecular flexibility index (Phi) is 19.7. The van der Waals surface area contributed by atoms with E-state index in [1.807, 2.05) is 154 Å². The molecule has 9 aromatic heterocycles. The third kappa shape index (κ3) is 15.3. The third-order valence-corrected chi connectivity index (χ3v) is 17.6. The molecule has 0 unspecified atom stereocenters. The Labute approximate surface area is 577 Å². The number of hydrogen-bond donors (Lipinski definition) is 3. The Morgan fingerprint density at radius 3 is 1.03 bits per heavy atom. The van der Waals surface area contributed by atoms with Crippen molar-refractivity contribution in [1.29, 1.82) is 0 Å². The molecule has 0 bridgehead atoms. The molecule has 0 amide bonds. The van der Waals surface area contributed by atoms with E-state index in [4.69, 9.17) is 14.7 Å². The molecule has 16 heteroatoms. The fourth-order valence-corrected chi connectivity index (χ4v) is 12.2. The van der Waals surface area contributed by atoms with Gasteiger partial charge in [0.1, 0.15) is 0 Å². The SMILES string of the molecule is C=C(N[C@@H](C)c1ccccc1)c1ncc(C2=CCc3ncc(-c4ccnc(C)c4)cc32)cn1.C=C(N[C@@H](C)c1ccccc1)c1ncc(C2=CCc3ncc(-c4ccnc(OC)c4)cc32)cn1.C=C(N[C@@H](C)c1ccccc1)c1ncc(C2=CCc3ncc(-c4ccncc4)cc32)cn1. The average Bonchev–Trinajstić information content (AvgIpc) is 1.69. The minimum Gasteiger partial charge on any atom is -0.481 e. The van der Waals surface area contributed by atoms with Crippen LogP contribution in [0, 0.1) is 6.92 Å². The van der Waals surface area contributed by atoms with E-state index in [1.54, 1.807) is 25.7 Å². The molecule has 3 atom stereocenters. The molecule has 15 rings (SSSR count). The van der Waals surface area contributed by atoms with Crippen molar-refractivity contribution in [3.05, 3.63) is 354 Å². The summed E-state index contributed by atoms with van der Waals surface area (Å²) in [5, 5.41) is 10.2. The zero-order valence-electron chi connectivity index (χ0n) is 55.8. The standard InChI is InChI=1S/C28H25N5O.C28H25N5.C27H23N5/c1-18(20-7-5-4-6-8-20)33-19(2)28-31-16-23(17-32-28)24-9-10-26-25(24)13-22(15-30-26)21-11-12-29-27(14-21)34-3;1-18-13-22(11-12-29-18)23-14-26-25(9-10-27(26)30-15-23)24-16-31-28(32-17-24)20(3)33-19(2)21-7-5-4-6-8-21;1-18(20-6-4-3-5-7-20)32-19(2)27-30-16-23(17-31-27)24-8-9-26-25(24)14-22(15-29-26)21-10-12-28-13-11-21/h4-9,11-18,33H,2,10H2,1,3H3;4-9,11-17,19,33H,3,10H2,1-2H3;3-8,10-18,32H,2,9H2,1H3/t18-;19-;18-/m000/s1. The molecule has 0 radical (unpaired) electrons. The second-order valence-corrected chi connectivity index (χ2v) is 24.3. The highest BCUT2D eigenvalue weighted by atomic mass is 16.5. The fourth-order valence-electron chi connectivity index (χ4n) is 12.2.